The number of morpholine rings is 1. The summed E-state index contributed by atoms with van der Waals surface area (Å²) in [5.74, 6) is -0.218. The Hall–Kier alpha value is -2.30. The molecule has 3 N–H and O–H groups in total. The summed E-state index contributed by atoms with van der Waals surface area (Å²) in [7, 11) is 0. The molecule has 3 fully saturated rings. The van der Waals surface area contributed by atoms with E-state index >= 15 is 0 Å². The van der Waals surface area contributed by atoms with Crippen molar-refractivity contribution in [2.24, 2.45) is 11.7 Å². The van der Waals surface area contributed by atoms with Crippen molar-refractivity contribution in [2.75, 3.05) is 43.1 Å². The third-order valence-corrected chi connectivity index (χ3v) is 6.90. The van der Waals surface area contributed by atoms with E-state index in [-0.39, 0.29) is 36.4 Å². The van der Waals surface area contributed by atoms with Gasteiger partial charge in [-0.1, -0.05) is 12.8 Å². The Morgan fingerprint density at radius 1 is 1.27 bits per heavy atom. The maximum Gasteiger partial charge on any atom is 0.387 e. The highest BCUT2D eigenvalue weighted by Gasteiger charge is 2.36. The monoisotopic (exact) mass is 466 g/mol. The first-order valence-electron chi connectivity index (χ1n) is 11.7. The van der Waals surface area contributed by atoms with E-state index in [4.69, 9.17) is 15.2 Å². The highest BCUT2D eigenvalue weighted by molar-refractivity contribution is 5.98. The molecule has 10 heteroatoms. The van der Waals surface area contributed by atoms with Crippen molar-refractivity contribution >= 4 is 23.2 Å². The quantitative estimate of drug-likeness (QED) is 0.550. The van der Waals surface area contributed by atoms with Gasteiger partial charge >= 0.3 is 6.61 Å². The average Bonchev–Trinajstić information content (AvgIpc) is 2.71. The number of nitrogens with two attached hydrogens (primary N) is 1. The summed E-state index contributed by atoms with van der Waals surface area (Å²) in [6.45, 7) is -1.51. The fourth-order valence-electron chi connectivity index (χ4n) is 4.60. The van der Waals surface area contributed by atoms with Gasteiger partial charge in [-0.25, -0.2) is 0 Å². The molecule has 1 atom stereocenters. The summed E-state index contributed by atoms with van der Waals surface area (Å²) < 4.78 is 36.1. The van der Waals surface area contributed by atoms with E-state index in [1.165, 1.54) is 23.5 Å². The van der Waals surface area contributed by atoms with Gasteiger partial charge in [-0.15, -0.1) is 0 Å². The van der Waals surface area contributed by atoms with Crippen LogP contribution >= 0.6 is 0 Å². The highest BCUT2D eigenvalue weighted by atomic mass is 19.3. The van der Waals surface area contributed by atoms with Crippen molar-refractivity contribution in [2.45, 2.75) is 57.2 Å². The van der Waals surface area contributed by atoms with E-state index in [0.29, 0.717) is 30.8 Å². The lowest BCUT2D eigenvalue weighted by Gasteiger charge is -2.44. The number of amides is 2. The molecular formula is C23H32F2N4O4. The molecule has 8 nitrogen and oxygen atoms in total. The number of rotatable bonds is 10. The standard InChI is InChI=1S/C23H32F2N4O4/c24-23(25)33-20-11-17(28-9-10-32-14-21(28)30)7-8-18(20)27-22(31)19(12-26)29(16-5-2-6-16)13-15-3-1-4-15/h7-8,11,15-16,19,23H,1-6,9-10,12-14,26H2,(H,27,31)/t19-/m1/s1. The maximum absolute atomic E-state index is 13.2. The first-order chi connectivity index (χ1) is 16.0. The fourth-order valence-corrected chi connectivity index (χ4v) is 4.60. The third kappa shape index (κ3) is 5.62. The van der Waals surface area contributed by atoms with Gasteiger partial charge in [0.05, 0.1) is 12.3 Å². The second-order valence-electron chi connectivity index (χ2n) is 8.98. The summed E-state index contributed by atoms with van der Waals surface area (Å²) >= 11 is 0. The number of benzene rings is 1. The molecular weight excluding hydrogens is 434 g/mol. The molecule has 33 heavy (non-hydrogen) atoms. The van der Waals surface area contributed by atoms with Gasteiger partial charge in [-0.2, -0.15) is 8.78 Å². The summed E-state index contributed by atoms with van der Waals surface area (Å²) in [5.41, 5.74) is 6.56. The van der Waals surface area contributed by atoms with Gasteiger partial charge < -0.3 is 25.4 Å². The molecule has 2 aliphatic carbocycles. The van der Waals surface area contributed by atoms with E-state index < -0.39 is 12.7 Å². The summed E-state index contributed by atoms with van der Waals surface area (Å²) in [5, 5.41) is 2.75. The van der Waals surface area contributed by atoms with Crippen LogP contribution in [0.3, 0.4) is 0 Å². The van der Waals surface area contributed by atoms with Crippen LogP contribution in [0.15, 0.2) is 18.2 Å². The lowest BCUT2D eigenvalue weighted by Crippen LogP contribution is -2.56. The second kappa shape index (κ2) is 10.8. The zero-order valence-electron chi connectivity index (χ0n) is 18.7. The number of alkyl halides is 2. The molecule has 0 spiro atoms. The van der Waals surface area contributed by atoms with Crippen LogP contribution in [-0.2, 0) is 14.3 Å². The fraction of sp³-hybridized carbons (Fsp3) is 0.652. The molecule has 4 rings (SSSR count). The second-order valence-corrected chi connectivity index (χ2v) is 8.98. The molecule has 0 aromatic heterocycles. The van der Waals surface area contributed by atoms with Crippen molar-refractivity contribution in [3.8, 4) is 5.75 Å². The largest absolute Gasteiger partial charge is 0.433 e. The number of carbonyl (C=O) groups is 2. The minimum absolute atomic E-state index is 0.0697. The zero-order chi connectivity index (χ0) is 23.4. The van der Waals surface area contributed by atoms with Gasteiger partial charge in [-0.3, -0.25) is 14.5 Å². The van der Waals surface area contributed by atoms with Crippen LogP contribution in [0.4, 0.5) is 20.2 Å². The Bertz CT molecular complexity index is 848. The molecule has 1 saturated heterocycles. The average molecular weight is 467 g/mol. The number of anilines is 2. The summed E-state index contributed by atoms with van der Waals surface area (Å²) in [6.07, 6.45) is 6.76. The number of hydrogen-bond donors (Lipinski definition) is 2. The Morgan fingerprint density at radius 3 is 2.61 bits per heavy atom. The number of hydrogen-bond acceptors (Lipinski definition) is 6. The van der Waals surface area contributed by atoms with E-state index in [0.717, 1.165) is 38.6 Å². The molecule has 1 heterocycles. The highest BCUT2D eigenvalue weighted by Crippen LogP contribution is 2.35. The Labute approximate surface area is 192 Å². The predicted octanol–water partition coefficient (Wildman–Crippen LogP) is 2.57. The Morgan fingerprint density at radius 2 is 2.03 bits per heavy atom. The van der Waals surface area contributed by atoms with E-state index in [9.17, 15) is 18.4 Å². The first-order valence-corrected chi connectivity index (χ1v) is 11.7. The van der Waals surface area contributed by atoms with Crippen LogP contribution in [0, 0.1) is 5.92 Å². The number of nitrogens with one attached hydrogen (secondary N) is 1. The van der Waals surface area contributed by atoms with Crippen LogP contribution in [0.5, 0.6) is 5.75 Å². The minimum Gasteiger partial charge on any atom is -0.433 e. The number of halogens is 2. The number of ether oxygens (including phenoxy) is 2. The van der Waals surface area contributed by atoms with Gasteiger partial charge in [0.25, 0.3) is 5.91 Å². The summed E-state index contributed by atoms with van der Waals surface area (Å²) in [6, 6.07) is 4.22. The van der Waals surface area contributed by atoms with Crippen molar-refractivity contribution in [3.05, 3.63) is 18.2 Å². The van der Waals surface area contributed by atoms with Crippen molar-refractivity contribution < 1.29 is 27.8 Å². The smallest absolute Gasteiger partial charge is 0.387 e. The normalized spacial score (nSPS) is 20.5. The molecule has 1 aliphatic heterocycles. The summed E-state index contributed by atoms with van der Waals surface area (Å²) in [4.78, 5) is 29.0. The van der Waals surface area contributed by atoms with E-state index in [1.807, 2.05) is 0 Å². The van der Waals surface area contributed by atoms with Crippen LogP contribution in [0.2, 0.25) is 0 Å². The van der Waals surface area contributed by atoms with Crippen LogP contribution in [0.25, 0.3) is 0 Å². The van der Waals surface area contributed by atoms with Gasteiger partial charge in [0, 0.05) is 37.4 Å². The van der Waals surface area contributed by atoms with Crippen LogP contribution in [0.1, 0.15) is 38.5 Å². The molecule has 1 aromatic carbocycles. The lowest BCUT2D eigenvalue weighted by molar-refractivity contribution is -0.125. The van der Waals surface area contributed by atoms with Gasteiger partial charge in [-0.05, 0) is 43.7 Å². The predicted molar refractivity (Wildman–Crippen MR) is 119 cm³/mol. The number of carbonyl (C=O) groups excluding carboxylic acids is 2. The molecule has 3 aliphatic rings. The number of nitrogens with zero attached hydrogens (tertiary/aromatic N) is 2. The van der Waals surface area contributed by atoms with Gasteiger partial charge in [0.1, 0.15) is 12.6 Å². The van der Waals surface area contributed by atoms with Gasteiger partial charge in [0.15, 0.2) is 5.75 Å². The molecule has 1 aromatic rings. The van der Waals surface area contributed by atoms with Gasteiger partial charge in [0.2, 0.25) is 5.91 Å². The molecule has 0 unspecified atom stereocenters. The topological polar surface area (TPSA) is 97.1 Å². The third-order valence-electron chi connectivity index (χ3n) is 6.90. The molecule has 2 saturated carbocycles. The zero-order valence-corrected chi connectivity index (χ0v) is 18.7. The van der Waals surface area contributed by atoms with Crippen molar-refractivity contribution in [3.63, 3.8) is 0 Å². The molecule has 2 amide bonds. The van der Waals surface area contributed by atoms with Crippen molar-refractivity contribution in [1.29, 1.82) is 0 Å². The lowest BCUT2D eigenvalue weighted by atomic mass is 9.82. The first kappa shape index (κ1) is 23.8. The van der Waals surface area contributed by atoms with E-state index in [1.54, 1.807) is 6.07 Å². The maximum atomic E-state index is 13.2. The molecule has 0 radical (unpaired) electrons. The Balaban J connectivity index is 1.52. The Kier molecular flexibility index (Phi) is 7.77. The molecule has 0 bridgehead atoms. The van der Waals surface area contributed by atoms with Crippen LogP contribution in [-0.4, -0.2) is 68.3 Å². The SMILES string of the molecule is NC[C@H](C(=O)Nc1ccc(N2CCOCC2=O)cc1OC(F)F)N(CC1CCC1)C1CCC1. The minimum atomic E-state index is -3.08. The molecule has 182 valence electrons. The van der Waals surface area contributed by atoms with Crippen LogP contribution < -0.4 is 20.7 Å². The van der Waals surface area contributed by atoms with E-state index in [2.05, 4.69) is 10.2 Å². The van der Waals surface area contributed by atoms with Crippen molar-refractivity contribution in [1.82, 2.24) is 4.90 Å².